The van der Waals surface area contributed by atoms with Gasteiger partial charge in [0.05, 0.1) is 14.2 Å². The van der Waals surface area contributed by atoms with Gasteiger partial charge in [-0.3, -0.25) is 4.79 Å². The van der Waals surface area contributed by atoms with E-state index < -0.39 is 0 Å². The zero-order valence-electron chi connectivity index (χ0n) is 8.94. The van der Waals surface area contributed by atoms with E-state index in [0.29, 0.717) is 18.1 Å². The molecule has 0 bridgehead atoms. The molecule has 0 aliphatic heterocycles. The smallest absolute Gasteiger partial charge is 0.312 e. The zero-order chi connectivity index (χ0) is 11.3. The quantitative estimate of drug-likeness (QED) is 0.705. The van der Waals surface area contributed by atoms with E-state index in [2.05, 4.69) is 4.98 Å². The van der Waals surface area contributed by atoms with E-state index in [4.69, 9.17) is 14.2 Å². The number of carbonyl (C=O) groups is 1. The number of hydrogen-bond acceptors (Lipinski definition) is 5. The Bertz CT molecular complexity index is 329. The molecule has 5 nitrogen and oxygen atoms in total. The average molecular weight is 211 g/mol. The minimum absolute atomic E-state index is 0.179. The number of pyridine rings is 1. The lowest BCUT2D eigenvalue weighted by Crippen LogP contribution is -2.07. The summed E-state index contributed by atoms with van der Waals surface area (Å²) in [5.41, 5.74) is 0. The lowest BCUT2D eigenvalue weighted by molar-refractivity contribution is -0.134. The predicted molar refractivity (Wildman–Crippen MR) is 53.3 cm³/mol. The number of ether oxygens (including phenoxy) is 3. The molecule has 0 aliphatic rings. The summed E-state index contributed by atoms with van der Waals surface area (Å²) >= 11 is 0. The Morgan fingerprint density at radius 2 is 1.93 bits per heavy atom. The van der Waals surface area contributed by atoms with Crippen LogP contribution in [0.15, 0.2) is 12.1 Å². The molecule has 0 fully saturated rings. The van der Waals surface area contributed by atoms with E-state index in [1.54, 1.807) is 13.0 Å². The lowest BCUT2D eigenvalue weighted by Gasteiger charge is -2.06. The Hall–Kier alpha value is -1.78. The van der Waals surface area contributed by atoms with Crippen molar-refractivity contribution < 1.29 is 19.0 Å². The van der Waals surface area contributed by atoms with Crippen LogP contribution in [0.1, 0.15) is 13.3 Å². The van der Waals surface area contributed by atoms with Crippen molar-refractivity contribution in [2.24, 2.45) is 0 Å². The van der Waals surface area contributed by atoms with Gasteiger partial charge in [-0.15, -0.1) is 0 Å². The highest BCUT2D eigenvalue weighted by atomic mass is 16.5. The molecule has 0 unspecified atom stereocenters. The fraction of sp³-hybridized carbons (Fsp3) is 0.400. The van der Waals surface area contributed by atoms with Crippen LogP contribution in [0.25, 0.3) is 0 Å². The maximum atomic E-state index is 11.0. The minimum Gasteiger partial charge on any atom is -0.496 e. The second-order valence-corrected chi connectivity index (χ2v) is 2.72. The molecular weight excluding hydrogens is 198 g/mol. The SMILES string of the molecule is CCC(=O)Oc1cc(OC)cc(OC)n1. The van der Waals surface area contributed by atoms with Crippen LogP contribution in [-0.4, -0.2) is 25.2 Å². The van der Waals surface area contributed by atoms with Crippen LogP contribution in [0, 0.1) is 0 Å². The van der Waals surface area contributed by atoms with Crippen LogP contribution in [0.5, 0.6) is 17.5 Å². The summed E-state index contributed by atoms with van der Waals surface area (Å²) in [6.45, 7) is 1.71. The molecule has 0 N–H and O–H groups in total. The first kappa shape index (κ1) is 11.3. The molecule has 5 heteroatoms. The maximum absolute atomic E-state index is 11.0. The number of esters is 1. The van der Waals surface area contributed by atoms with Crippen molar-refractivity contribution in [3.05, 3.63) is 12.1 Å². The van der Waals surface area contributed by atoms with Crippen molar-refractivity contribution in [1.29, 1.82) is 0 Å². The summed E-state index contributed by atoms with van der Waals surface area (Å²) in [5.74, 6) is 0.699. The number of rotatable bonds is 4. The third-order valence-electron chi connectivity index (χ3n) is 1.70. The van der Waals surface area contributed by atoms with Gasteiger partial charge in [0, 0.05) is 18.6 Å². The maximum Gasteiger partial charge on any atom is 0.312 e. The first-order valence-electron chi connectivity index (χ1n) is 4.50. The molecule has 0 aliphatic carbocycles. The molecule has 1 aromatic heterocycles. The van der Waals surface area contributed by atoms with Crippen molar-refractivity contribution in [3.8, 4) is 17.5 Å². The van der Waals surface area contributed by atoms with Crippen LogP contribution >= 0.6 is 0 Å². The molecular formula is C10H13NO4. The van der Waals surface area contributed by atoms with Crippen LogP contribution < -0.4 is 14.2 Å². The fourth-order valence-corrected chi connectivity index (χ4v) is 0.922. The van der Waals surface area contributed by atoms with Gasteiger partial charge in [-0.2, -0.15) is 4.98 Å². The highest BCUT2D eigenvalue weighted by molar-refractivity contribution is 5.71. The molecule has 1 aromatic rings. The van der Waals surface area contributed by atoms with Gasteiger partial charge in [0.25, 0.3) is 0 Å². The number of hydrogen-bond donors (Lipinski definition) is 0. The third kappa shape index (κ3) is 3.12. The highest BCUT2D eigenvalue weighted by Crippen LogP contribution is 2.23. The Balaban J connectivity index is 2.91. The van der Waals surface area contributed by atoms with E-state index >= 15 is 0 Å². The third-order valence-corrected chi connectivity index (χ3v) is 1.70. The van der Waals surface area contributed by atoms with Gasteiger partial charge in [-0.1, -0.05) is 6.92 Å². The summed E-state index contributed by atoms with van der Waals surface area (Å²) in [6, 6.07) is 3.12. The summed E-state index contributed by atoms with van der Waals surface area (Å²) in [7, 11) is 2.99. The zero-order valence-corrected chi connectivity index (χ0v) is 8.94. The van der Waals surface area contributed by atoms with E-state index in [1.807, 2.05) is 0 Å². The molecule has 0 saturated carbocycles. The van der Waals surface area contributed by atoms with Gasteiger partial charge in [0.15, 0.2) is 0 Å². The first-order chi connectivity index (χ1) is 7.19. The summed E-state index contributed by atoms with van der Waals surface area (Å²) in [4.78, 5) is 15.0. The average Bonchev–Trinajstić information content (AvgIpc) is 2.28. The summed E-state index contributed by atoms with van der Waals surface area (Å²) in [6.07, 6.45) is 0.293. The number of methoxy groups -OCH3 is 2. The van der Waals surface area contributed by atoms with Gasteiger partial charge >= 0.3 is 5.97 Å². The second kappa shape index (κ2) is 5.19. The van der Waals surface area contributed by atoms with Crippen molar-refractivity contribution in [3.63, 3.8) is 0 Å². The molecule has 0 amide bonds. The number of carbonyl (C=O) groups excluding carboxylic acids is 1. The molecule has 1 heterocycles. The van der Waals surface area contributed by atoms with Crippen LogP contribution in [0.4, 0.5) is 0 Å². The van der Waals surface area contributed by atoms with Crippen molar-refractivity contribution in [2.45, 2.75) is 13.3 Å². The van der Waals surface area contributed by atoms with Gasteiger partial charge in [-0.05, 0) is 0 Å². The normalized spacial score (nSPS) is 9.53. The van der Waals surface area contributed by atoms with Gasteiger partial charge in [0.1, 0.15) is 5.75 Å². The van der Waals surface area contributed by atoms with E-state index in [1.165, 1.54) is 20.3 Å². The summed E-state index contributed by atoms with van der Waals surface area (Å²) < 4.78 is 14.9. The molecule has 0 radical (unpaired) electrons. The molecule has 0 atom stereocenters. The largest absolute Gasteiger partial charge is 0.496 e. The van der Waals surface area contributed by atoms with Crippen molar-refractivity contribution >= 4 is 5.97 Å². The Morgan fingerprint density at radius 1 is 1.27 bits per heavy atom. The topological polar surface area (TPSA) is 57.7 Å². The second-order valence-electron chi connectivity index (χ2n) is 2.72. The highest BCUT2D eigenvalue weighted by Gasteiger charge is 2.07. The van der Waals surface area contributed by atoms with Crippen LogP contribution in [0.3, 0.4) is 0 Å². The van der Waals surface area contributed by atoms with Gasteiger partial charge in [-0.25, -0.2) is 0 Å². The molecule has 82 valence electrons. The Labute approximate surface area is 88.0 Å². The number of nitrogens with zero attached hydrogens (tertiary/aromatic N) is 1. The molecule has 0 spiro atoms. The molecule has 0 saturated heterocycles. The number of aromatic nitrogens is 1. The van der Waals surface area contributed by atoms with E-state index in [0.717, 1.165) is 0 Å². The Morgan fingerprint density at radius 3 is 2.47 bits per heavy atom. The van der Waals surface area contributed by atoms with Crippen molar-refractivity contribution in [2.75, 3.05) is 14.2 Å². The van der Waals surface area contributed by atoms with Crippen molar-refractivity contribution in [1.82, 2.24) is 4.98 Å². The van der Waals surface area contributed by atoms with Gasteiger partial charge < -0.3 is 14.2 Å². The minimum atomic E-state index is -0.349. The Kier molecular flexibility index (Phi) is 3.91. The van der Waals surface area contributed by atoms with Gasteiger partial charge in [0.2, 0.25) is 11.8 Å². The first-order valence-corrected chi connectivity index (χ1v) is 4.50. The van der Waals surface area contributed by atoms with E-state index in [-0.39, 0.29) is 11.8 Å². The lowest BCUT2D eigenvalue weighted by atomic mass is 10.4. The van der Waals surface area contributed by atoms with Crippen LogP contribution in [0.2, 0.25) is 0 Å². The molecule has 0 aromatic carbocycles. The van der Waals surface area contributed by atoms with Crippen LogP contribution in [-0.2, 0) is 4.79 Å². The fourth-order valence-electron chi connectivity index (χ4n) is 0.922. The predicted octanol–water partition coefficient (Wildman–Crippen LogP) is 1.41. The molecule has 15 heavy (non-hydrogen) atoms. The molecule has 1 rings (SSSR count). The summed E-state index contributed by atoms with van der Waals surface area (Å²) in [5, 5.41) is 0. The van der Waals surface area contributed by atoms with E-state index in [9.17, 15) is 4.79 Å². The monoisotopic (exact) mass is 211 g/mol. The standard InChI is InChI=1S/C10H13NO4/c1-4-10(12)15-9-6-7(13-2)5-8(11-9)14-3/h5-6H,4H2,1-3H3.